The SMILES string of the molecule is CC(CN)CCC1COc2ccccc21. The molecule has 0 aromatic heterocycles. The fourth-order valence-electron chi connectivity index (χ4n) is 2.07. The first kappa shape index (κ1) is 10.5. The van der Waals surface area contributed by atoms with Crippen LogP contribution in [-0.4, -0.2) is 13.2 Å². The minimum absolute atomic E-state index is 0.579. The zero-order valence-corrected chi connectivity index (χ0v) is 9.28. The highest BCUT2D eigenvalue weighted by atomic mass is 16.5. The summed E-state index contributed by atoms with van der Waals surface area (Å²) < 4.78 is 5.65. The lowest BCUT2D eigenvalue weighted by Crippen LogP contribution is -2.12. The van der Waals surface area contributed by atoms with Crippen LogP contribution in [0.3, 0.4) is 0 Å². The Labute approximate surface area is 91.4 Å². The number of rotatable bonds is 4. The lowest BCUT2D eigenvalue weighted by molar-refractivity contribution is 0.317. The smallest absolute Gasteiger partial charge is 0.122 e. The van der Waals surface area contributed by atoms with Crippen molar-refractivity contribution in [1.29, 1.82) is 0 Å². The van der Waals surface area contributed by atoms with Crippen LogP contribution in [0.1, 0.15) is 31.2 Å². The van der Waals surface area contributed by atoms with E-state index in [-0.39, 0.29) is 0 Å². The maximum atomic E-state index is 5.65. The van der Waals surface area contributed by atoms with Crippen LogP contribution in [-0.2, 0) is 0 Å². The summed E-state index contributed by atoms with van der Waals surface area (Å²) >= 11 is 0. The molecule has 2 N–H and O–H groups in total. The third kappa shape index (κ3) is 2.32. The number of nitrogens with two attached hydrogens (primary N) is 1. The second-order valence-corrected chi connectivity index (χ2v) is 4.46. The fraction of sp³-hybridized carbons (Fsp3) is 0.538. The van der Waals surface area contributed by atoms with Gasteiger partial charge in [0, 0.05) is 11.5 Å². The maximum Gasteiger partial charge on any atom is 0.122 e. The Morgan fingerprint density at radius 2 is 2.27 bits per heavy atom. The number of ether oxygens (including phenoxy) is 1. The highest BCUT2D eigenvalue weighted by Crippen LogP contribution is 2.36. The highest BCUT2D eigenvalue weighted by molar-refractivity contribution is 5.39. The molecule has 2 atom stereocenters. The topological polar surface area (TPSA) is 35.2 Å². The lowest BCUT2D eigenvalue weighted by Gasteiger charge is -2.12. The summed E-state index contributed by atoms with van der Waals surface area (Å²) in [6.07, 6.45) is 2.38. The molecule has 2 heteroatoms. The van der Waals surface area contributed by atoms with Gasteiger partial charge in [0.2, 0.25) is 0 Å². The molecule has 1 aliphatic rings. The first-order valence-corrected chi connectivity index (χ1v) is 5.73. The van der Waals surface area contributed by atoms with Crippen molar-refractivity contribution < 1.29 is 4.74 Å². The second-order valence-electron chi connectivity index (χ2n) is 4.46. The standard InChI is InChI=1S/C13H19NO/c1-10(8-14)6-7-11-9-15-13-5-3-2-4-12(11)13/h2-5,10-11H,6-9,14H2,1H3. The molecule has 0 fully saturated rings. The van der Waals surface area contributed by atoms with E-state index in [0.717, 1.165) is 18.9 Å². The van der Waals surface area contributed by atoms with E-state index in [2.05, 4.69) is 25.1 Å². The van der Waals surface area contributed by atoms with E-state index in [4.69, 9.17) is 10.5 Å². The molecule has 2 unspecified atom stereocenters. The van der Waals surface area contributed by atoms with Crippen molar-refractivity contribution in [2.75, 3.05) is 13.2 Å². The van der Waals surface area contributed by atoms with Crippen LogP contribution in [0.15, 0.2) is 24.3 Å². The zero-order chi connectivity index (χ0) is 10.7. The van der Waals surface area contributed by atoms with E-state index in [0.29, 0.717) is 11.8 Å². The molecule has 2 nitrogen and oxygen atoms in total. The van der Waals surface area contributed by atoms with E-state index < -0.39 is 0 Å². The predicted octanol–water partition coefficient (Wildman–Crippen LogP) is 2.54. The quantitative estimate of drug-likeness (QED) is 0.819. The average Bonchev–Trinajstić information content (AvgIpc) is 2.69. The Balaban J connectivity index is 1.96. The van der Waals surface area contributed by atoms with E-state index >= 15 is 0 Å². The molecular weight excluding hydrogens is 186 g/mol. The van der Waals surface area contributed by atoms with Crippen LogP contribution in [0.4, 0.5) is 0 Å². The summed E-state index contributed by atoms with van der Waals surface area (Å²) in [7, 11) is 0. The van der Waals surface area contributed by atoms with Crippen molar-refractivity contribution in [3.63, 3.8) is 0 Å². The van der Waals surface area contributed by atoms with Crippen molar-refractivity contribution >= 4 is 0 Å². The average molecular weight is 205 g/mol. The number of para-hydroxylation sites is 1. The number of fused-ring (bicyclic) bond motifs is 1. The summed E-state index contributed by atoms with van der Waals surface area (Å²) in [6, 6.07) is 8.36. The van der Waals surface area contributed by atoms with Crippen molar-refractivity contribution in [3.05, 3.63) is 29.8 Å². The third-order valence-electron chi connectivity index (χ3n) is 3.21. The Morgan fingerprint density at radius 1 is 1.47 bits per heavy atom. The molecular formula is C13H19NO. The molecule has 0 aliphatic carbocycles. The van der Waals surface area contributed by atoms with Crippen molar-refractivity contribution in [2.45, 2.75) is 25.7 Å². The van der Waals surface area contributed by atoms with Gasteiger partial charge in [-0.2, -0.15) is 0 Å². The molecule has 1 aromatic rings. The molecule has 1 aromatic carbocycles. The first-order valence-electron chi connectivity index (χ1n) is 5.73. The van der Waals surface area contributed by atoms with E-state index in [1.165, 1.54) is 18.4 Å². The van der Waals surface area contributed by atoms with Gasteiger partial charge in [0.25, 0.3) is 0 Å². The van der Waals surface area contributed by atoms with Gasteiger partial charge < -0.3 is 10.5 Å². The summed E-state index contributed by atoms with van der Waals surface area (Å²) in [4.78, 5) is 0. The van der Waals surface area contributed by atoms with Crippen LogP contribution in [0.5, 0.6) is 5.75 Å². The maximum absolute atomic E-state index is 5.65. The van der Waals surface area contributed by atoms with Crippen molar-refractivity contribution in [2.24, 2.45) is 11.7 Å². The van der Waals surface area contributed by atoms with Gasteiger partial charge >= 0.3 is 0 Å². The molecule has 15 heavy (non-hydrogen) atoms. The van der Waals surface area contributed by atoms with Gasteiger partial charge in [0.1, 0.15) is 5.75 Å². The highest BCUT2D eigenvalue weighted by Gasteiger charge is 2.23. The number of hydrogen-bond donors (Lipinski definition) is 1. The Morgan fingerprint density at radius 3 is 3.07 bits per heavy atom. The molecule has 0 bridgehead atoms. The lowest BCUT2D eigenvalue weighted by atomic mass is 9.92. The second kappa shape index (κ2) is 4.67. The van der Waals surface area contributed by atoms with Crippen molar-refractivity contribution in [3.8, 4) is 5.75 Å². The molecule has 1 heterocycles. The third-order valence-corrected chi connectivity index (χ3v) is 3.21. The Bertz CT molecular complexity index is 324. The monoisotopic (exact) mass is 205 g/mol. The van der Waals surface area contributed by atoms with Crippen LogP contribution >= 0.6 is 0 Å². The van der Waals surface area contributed by atoms with Crippen LogP contribution < -0.4 is 10.5 Å². The molecule has 0 spiro atoms. The van der Waals surface area contributed by atoms with Crippen LogP contribution in [0, 0.1) is 5.92 Å². The predicted molar refractivity (Wildman–Crippen MR) is 62.1 cm³/mol. The fourth-order valence-corrected chi connectivity index (χ4v) is 2.07. The van der Waals surface area contributed by atoms with E-state index in [9.17, 15) is 0 Å². The first-order chi connectivity index (χ1) is 7.31. The molecule has 0 radical (unpaired) electrons. The Kier molecular flexibility index (Phi) is 3.27. The number of hydrogen-bond acceptors (Lipinski definition) is 2. The molecule has 2 rings (SSSR count). The van der Waals surface area contributed by atoms with E-state index in [1.807, 2.05) is 6.07 Å². The van der Waals surface area contributed by atoms with Gasteiger partial charge in [-0.05, 0) is 31.4 Å². The summed E-state index contributed by atoms with van der Waals surface area (Å²) in [5, 5.41) is 0. The van der Waals surface area contributed by atoms with Crippen LogP contribution in [0.2, 0.25) is 0 Å². The molecule has 1 aliphatic heterocycles. The van der Waals surface area contributed by atoms with Crippen molar-refractivity contribution in [1.82, 2.24) is 0 Å². The zero-order valence-electron chi connectivity index (χ0n) is 9.28. The van der Waals surface area contributed by atoms with Gasteiger partial charge in [-0.15, -0.1) is 0 Å². The largest absolute Gasteiger partial charge is 0.493 e. The Hall–Kier alpha value is -1.02. The van der Waals surface area contributed by atoms with Gasteiger partial charge in [-0.25, -0.2) is 0 Å². The summed E-state index contributed by atoms with van der Waals surface area (Å²) in [6.45, 7) is 3.84. The van der Waals surface area contributed by atoms with Gasteiger partial charge in [-0.3, -0.25) is 0 Å². The van der Waals surface area contributed by atoms with E-state index in [1.54, 1.807) is 0 Å². The van der Waals surface area contributed by atoms with Gasteiger partial charge in [-0.1, -0.05) is 25.1 Å². The summed E-state index contributed by atoms with van der Waals surface area (Å²) in [5.74, 6) is 2.27. The number of benzene rings is 1. The minimum Gasteiger partial charge on any atom is -0.493 e. The normalized spacial score (nSPS) is 20.8. The van der Waals surface area contributed by atoms with Crippen LogP contribution in [0.25, 0.3) is 0 Å². The minimum atomic E-state index is 0.579. The molecule has 0 saturated carbocycles. The van der Waals surface area contributed by atoms with Gasteiger partial charge in [0.15, 0.2) is 0 Å². The molecule has 0 amide bonds. The molecule has 0 saturated heterocycles. The molecule has 82 valence electrons. The summed E-state index contributed by atoms with van der Waals surface area (Å²) in [5.41, 5.74) is 7.00. The van der Waals surface area contributed by atoms with Gasteiger partial charge in [0.05, 0.1) is 6.61 Å².